The highest BCUT2D eigenvalue weighted by atomic mass is 16.6. The van der Waals surface area contributed by atoms with Crippen LogP contribution in [0.5, 0.6) is 11.5 Å². The van der Waals surface area contributed by atoms with Crippen LogP contribution in [0, 0.1) is 0 Å². The van der Waals surface area contributed by atoms with Crippen molar-refractivity contribution in [2.24, 2.45) is 0 Å². The van der Waals surface area contributed by atoms with E-state index < -0.39 is 55.0 Å². The van der Waals surface area contributed by atoms with Crippen LogP contribution >= 0.6 is 0 Å². The largest absolute Gasteiger partial charge is 0.506 e. The Kier molecular flexibility index (Phi) is 5.92. The molecule has 0 saturated carbocycles. The van der Waals surface area contributed by atoms with Crippen LogP contribution in [0.4, 0.5) is 0 Å². The van der Waals surface area contributed by atoms with E-state index in [4.69, 9.17) is 4.74 Å². The van der Waals surface area contributed by atoms with Gasteiger partial charge in [0.05, 0.1) is 39.8 Å². The highest BCUT2D eigenvalue weighted by Gasteiger charge is 2.47. The maximum atomic E-state index is 14.0. The SMILES string of the molecule is CCC(=O)NN1C(=O)c2c(c3c4cccc(O)c4n([C@@H]4O[C@H](CO)[C@@H](O)[C@H](O)[C@H]4O)c3c3[nH]c4c(O)cccc4c23)C1=O. The molecule has 14 nitrogen and oxygen atoms in total. The number of imide groups is 1. The summed E-state index contributed by atoms with van der Waals surface area (Å²) < 4.78 is 7.24. The van der Waals surface area contributed by atoms with Crippen LogP contribution in [0.2, 0.25) is 0 Å². The van der Waals surface area contributed by atoms with Crippen molar-refractivity contribution < 1.29 is 49.8 Å². The van der Waals surface area contributed by atoms with Crippen molar-refractivity contribution in [3.63, 3.8) is 0 Å². The zero-order valence-corrected chi connectivity index (χ0v) is 22.5. The quantitative estimate of drug-likeness (QED) is 0.138. The number of para-hydroxylation sites is 2. The van der Waals surface area contributed by atoms with Gasteiger partial charge in [0.2, 0.25) is 5.91 Å². The summed E-state index contributed by atoms with van der Waals surface area (Å²) in [7, 11) is 0. The molecule has 2 aliphatic rings. The highest BCUT2D eigenvalue weighted by molar-refractivity contribution is 6.39. The van der Waals surface area contributed by atoms with E-state index >= 15 is 0 Å². The van der Waals surface area contributed by atoms with Gasteiger partial charge in [0.25, 0.3) is 11.8 Å². The molecular formula is C29H26N4O10. The first-order valence-corrected chi connectivity index (χ1v) is 13.5. The zero-order chi connectivity index (χ0) is 30.5. The second kappa shape index (κ2) is 9.39. The molecule has 2 aliphatic heterocycles. The summed E-state index contributed by atoms with van der Waals surface area (Å²) in [5, 5.41) is 65.7. The van der Waals surface area contributed by atoms with Crippen LogP contribution in [-0.4, -0.2) is 93.9 Å². The van der Waals surface area contributed by atoms with Crippen molar-refractivity contribution in [2.75, 3.05) is 6.61 Å². The molecule has 3 aromatic carbocycles. The Bertz CT molecular complexity index is 2030. The number of hydrazine groups is 1. The van der Waals surface area contributed by atoms with E-state index in [0.717, 1.165) is 0 Å². The van der Waals surface area contributed by atoms with Gasteiger partial charge in [-0.3, -0.25) is 19.8 Å². The Balaban J connectivity index is 1.69. The molecule has 5 aromatic rings. The molecule has 0 bridgehead atoms. The van der Waals surface area contributed by atoms with Crippen molar-refractivity contribution >= 4 is 61.3 Å². The first-order chi connectivity index (χ1) is 20.6. The first kappa shape index (κ1) is 27.1. The van der Waals surface area contributed by atoms with Crippen molar-refractivity contribution in [3.05, 3.63) is 47.5 Å². The second-order valence-electron chi connectivity index (χ2n) is 10.6. The molecule has 222 valence electrons. The van der Waals surface area contributed by atoms with Gasteiger partial charge in [-0.05, 0) is 12.1 Å². The molecule has 0 radical (unpaired) electrons. The molecule has 1 fully saturated rings. The Morgan fingerprint density at radius 3 is 2.21 bits per heavy atom. The first-order valence-electron chi connectivity index (χ1n) is 13.5. The summed E-state index contributed by atoms with van der Waals surface area (Å²) in [4.78, 5) is 43.3. The molecule has 14 heteroatoms. The van der Waals surface area contributed by atoms with Gasteiger partial charge >= 0.3 is 0 Å². The molecule has 43 heavy (non-hydrogen) atoms. The lowest BCUT2D eigenvalue weighted by atomic mass is 9.96. The topological polar surface area (TPSA) is 218 Å². The maximum absolute atomic E-state index is 14.0. The van der Waals surface area contributed by atoms with E-state index in [1.165, 1.54) is 22.8 Å². The molecule has 5 atom stereocenters. The standard InChI is InChI=1S/C29H26N4O10/c1-2-15(37)31-33-27(41)18-16-10-5-3-7-12(35)20(10)30-21(16)23-17(19(18)28(33)42)11-6-4-8-13(36)22(11)32(23)29-26(40)25(39)24(38)14(9-34)43-29/h3-8,14,24-26,29-30,34-36,38-40H,2,9H2,1H3,(H,31,37)/t14-,24-,25+,26-,29-/m1/s1. The molecule has 4 heterocycles. The van der Waals surface area contributed by atoms with Crippen LogP contribution in [0.3, 0.4) is 0 Å². The van der Waals surface area contributed by atoms with E-state index in [0.29, 0.717) is 10.4 Å². The molecule has 7 rings (SSSR count). The fraction of sp³-hybridized carbons (Fsp3) is 0.276. The number of hydrogen-bond donors (Lipinski definition) is 8. The second-order valence-corrected chi connectivity index (χ2v) is 10.6. The average molecular weight is 591 g/mol. The summed E-state index contributed by atoms with van der Waals surface area (Å²) in [6.07, 6.45) is -8.05. The number of phenolic OH excluding ortho intramolecular Hbond substituents is 2. The van der Waals surface area contributed by atoms with Crippen LogP contribution in [0.25, 0.3) is 43.6 Å². The summed E-state index contributed by atoms with van der Waals surface area (Å²) in [6.45, 7) is 0.845. The van der Waals surface area contributed by atoms with E-state index in [9.17, 15) is 45.0 Å². The Morgan fingerprint density at radius 1 is 0.884 bits per heavy atom. The fourth-order valence-electron chi connectivity index (χ4n) is 6.33. The normalized spacial score (nSPS) is 24.1. The number of aromatic amines is 1. The van der Waals surface area contributed by atoms with E-state index in [-0.39, 0.29) is 67.3 Å². The molecule has 0 aliphatic carbocycles. The zero-order valence-electron chi connectivity index (χ0n) is 22.5. The average Bonchev–Trinajstić information content (AvgIpc) is 3.62. The number of aromatic hydroxyl groups is 2. The number of aliphatic hydroxyl groups is 4. The number of carbonyl (C=O) groups is 3. The molecule has 8 N–H and O–H groups in total. The number of aliphatic hydroxyl groups excluding tert-OH is 4. The van der Waals surface area contributed by atoms with Crippen LogP contribution in [-0.2, 0) is 9.53 Å². The van der Waals surface area contributed by atoms with Crippen LogP contribution in [0.1, 0.15) is 40.3 Å². The number of rotatable bonds is 4. The highest BCUT2D eigenvalue weighted by Crippen LogP contribution is 2.49. The van der Waals surface area contributed by atoms with E-state index in [1.807, 2.05) is 0 Å². The number of fused-ring (bicyclic) bond motifs is 10. The van der Waals surface area contributed by atoms with E-state index in [1.54, 1.807) is 25.1 Å². The van der Waals surface area contributed by atoms with Gasteiger partial charge < -0.3 is 44.9 Å². The fourth-order valence-corrected chi connectivity index (χ4v) is 6.33. The van der Waals surface area contributed by atoms with Crippen molar-refractivity contribution in [1.82, 2.24) is 20.0 Å². The molecule has 3 amide bonds. The number of benzene rings is 3. The summed E-state index contributed by atoms with van der Waals surface area (Å²) in [6, 6.07) is 9.06. The maximum Gasteiger partial charge on any atom is 0.281 e. The van der Waals surface area contributed by atoms with Gasteiger partial charge in [-0.25, -0.2) is 0 Å². The molecular weight excluding hydrogens is 564 g/mol. The number of amides is 3. The number of nitrogens with one attached hydrogen (secondary N) is 2. The number of ether oxygens (including phenoxy) is 1. The smallest absolute Gasteiger partial charge is 0.281 e. The predicted molar refractivity (Wildman–Crippen MR) is 150 cm³/mol. The predicted octanol–water partition coefficient (Wildman–Crippen LogP) is 0.850. The van der Waals surface area contributed by atoms with Crippen molar-refractivity contribution in [3.8, 4) is 11.5 Å². The number of nitrogens with zero attached hydrogens (tertiary/aromatic N) is 2. The van der Waals surface area contributed by atoms with Crippen LogP contribution in [0.15, 0.2) is 36.4 Å². The van der Waals surface area contributed by atoms with Gasteiger partial charge in [-0.2, -0.15) is 5.01 Å². The lowest BCUT2D eigenvalue weighted by molar-refractivity contribution is -0.249. The van der Waals surface area contributed by atoms with Gasteiger partial charge in [0.1, 0.15) is 35.9 Å². The van der Waals surface area contributed by atoms with E-state index in [2.05, 4.69) is 10.4 Å². The number of phenols is 2. The third kappa shape index (κ3) is 3.49. The minimum atomic E-state index is -1.78. The Labute approximate surface area is 240 Å². The number of hydrogen-bond acceptors (Lipinski definition) is 10. The Morgan fingerprint density at radius 2 is 1.53 bits per heavy atom. The molecule has 2 aromatic heterocycles. The number of carbonyl (C=O) groups excluding carboxylic acids is 3. The monoisotopic (exact) mass is 590 g/mol. The summed E-state index contributed by atoms with van der Waals surface area (Å²) in [5.41, 5.74) is 2.81. The molecule has 1 saturated heterocycles. The van der Waals surface area contributed by atoms with Gasteiger partial charge in [0.15, 0.2) is 6.23 Å². The Hall–Kier alpha value is -4.73. The van der Waals surface area contributed by atoms with Gasteiger partial charge in [-0.15, -0.1) is 0 Å². The lowest BCUT2D eigenvalue weighted by Gasteiger charge is -2.41. The van der Waals surface area contributed by atoms with Crippen molar-refractivity contribution in [2.45, 2.75) is 44.0 Å². The summed E-state index contributed by atoms with van der Waals surface area (Å²) in [5.74, 6) is -2.72. The third-order valence-electron chi connectivity index (χ3n) is 8.31. The number of H-pyrrole nitrogens is 1. The summed E-state index contributed by atoms with van der Waals surface area (Å²) >= 11 is 0. The molecule has 0 unspecified atom stereocenters. The lowest BCUT2D eigenvalue weighted by Crippen LogP contribution is -2.56. The van der Waals surface area contributed by atoms with Gasteiger partial charge in [0, 0.05) is 28.0 Å². The third-order valence-corrected chi connectivity index (χ3v) is 8.31. The van der Waals surface area contributed by atoms with Crippen LogP contribution < -0.4 is 5.43 Å². The van der Waals surface area contributed by atoms with Crippen molar-refractivity contribution in [1.29, 1.82) is 0 Å². The van der Waals surface area contributed by atoms with Gasteiger partial charge in [-0.1, -0.05) is 31.2 Å². The number of aromatic nitrogens is 2. The minimum absolute atomic E-state index is 0.0104. The minimum Gasteiger partial charge on any atom is -0.506 e. The molecule has 0 spiro atoms.